The van der Waals surface area contributed by atoms with E-state index in [0.29, 0.717) is 36.4 Å². The van der Waals surface area contributed by atoms with E-state index in [1.54, 1.807) is 12.1 Å². The quantitative estimate of drug-likeness (QED) is 0.733. The maximum Gasteiger partial charge on any atom is 0.247 e. The van der Waals surface area contributed by atoms with Crippen LogP contribution < -0.4 is 5.32 Å². The zero-order chi connectivity index (χ0) is 22.7. The third kappa shape index (κ3) is 3.65. The van der Waals surface area contributed by atoms with Crippen molar-refractivity contribution in [2.75, 3.05) is 26.0 Å². The standard InChI is InChI=1S/C24H33N3O4S/c1-26(2)32(30,31)20-7-5-19(6-8-20)25-22(28)21-4-3-9-27(21)23(29)24-13-16-10-17(14-24)12-18(11-16)15-24/h5-8,16-18,21H,3-4,9-15H2,1-2H3,(H,25,28)/t16?,17?,18?,21-,24?/m0/s1. The predicted molar refractivity (Wildman–Crippen MR) is 121 cm³/mol. The van der Waals surface area contributed by atoms with Crippen LogP contribution in [-0.4, -0.2) is 56.1 Å². The summed E-state index contributed by atoms with van der Waals surface area (Å²) in [6.45, 7) is 0.651. The highest BCUT2D eigenvalue weighted by atomic mass is 32.2. The summed E-state index contributed by atoms with van der Waals surface area (Å²) in [7, 11) is -0.539. The molecule has 6 rings (SSSR count). The van der Waals surface area contributed by atoms with Crippen LogP contribution in [0.15, 0.2) is 29.2 Å². The van der Waals surface area contributed by atoms with Crippen molar-refractivity contribution in [1.29, 1.82) is 0 Å². The van der Waals surface area contributed by atoms with Crippen LogP contribution in [0.25, 0.3) is 0 Å². The molecule has 1 saturated heterocycles. The summed E-state index contributed by atoms with van der Waals surface area (Å²) in [5.41, 5.74) is 0.307. The van der Waals surface area contributed by atoms with Crippen molar-refractivity contribution < 1.29 is 18.0 Å². The molecule has 5 aliphatic rings. The Morgan fingerprint density at radius 2 is 1.56 bits per heavy atom. The topological polar surface area (TPSA) is 86.8 Å². The summed E-state index contributed by atoms with van der Waals surface area (Å²) in [5.74, 6) is 2.11. The van der Waals surface area contributed by atoms with E-state index in [2.05, 4.69) is 5.32 Å². The zero-order valence-corrected chi connectivity index (χ0v) is 19.7. The molecule has 1 N–H and O–H groups in total. The average molecular weight is 460 g/mol. The molecular weight excluding hydrogens is 426 g/mol. The summed E-state index contributed by atoms with van der Waals surface area (Å²) < 4.78 is 25.7. The Bertz CT molecular complexity index is 983. The van der Waals surface area contributed by atoms with Crippen molar-refractivity contribution in [2.45, 2.75) is 62.3 Å². The van der Waals surface area contributed by atoms with Gasteiger partial charge in [0, 0.05) is 26.3 Å². The largest absolute Gasteiger partial charge is 0.330 e. The van der Waals surface area contributed by atoms with Gasteiger partial charge in [-0.05, 0) is 93.4 Å². The molecule has 0 unspecified atom stereocenters. The SMILES string of the molecule is CN(C)S(=O)(=O)c1ccc(NC(=O)[C@@H]2CCCN2C(=O)C23CC4CC(CC(C4)C2)C3)cc1. The summed E-state index contributed by atoms with van der Waals surface area (Å²) in [6.07, 6.45) is 8.40. The number of amides is 2. The molecular formula is C24H33N3O4S. The molecule has 174 valence electrons. The summed E-state index contributed by atoms with van der Waals surface area (Å²) in [5, 5.41) is 2.91. The number of nitrogens with zero attached hydrogens (tertiary/aromatic N) is 2. The number of benzene rings is 1. The van der Waals surface area contributed by atoms with Gasteiger partial charge >= 0.3 is 0 Å². The zero-order valence-electron chi connectivity index (χ0n) is 18.9. The van der Waals surface area contributed by atoms with E-state index in [0.717, 1.165) is 30.0 Å². The highest BCUT2D eigenvalue weighted by molar-refractivity contribution is 7.89. The third-order valence-electron chi connectivity index (χ3n) is 8.21. The van der Waals surface area contributed by atoms with Crippen LogP contribution in [0.3, 0.4) is 0 Å². The first-order valence-electron chi connectivity index (χ1n) is 11.8. The van der Waals surface area contributed by atoms with Crippen LogP contribution in [0.4, 0.5) is 5.69 Å². The molecule has 5 fully saturated rings. The number of rotatable bonds is 5. The maximum atomic E-state index is 13.8. The first-order chi connectivity index (χ1) is 15.2. The van der Waals surface area contributed by atoms with E-state index in [4.69, 9.17) is 0 Å². The molecule has 2 amide bonds. The molecule has 0 aromatic heterocycles. The Hall–Kier alpha value is -1.93. The lowest BCUT2D eigenvalue weighted by molar-refractivity contribution is -0.160. The summed E-state index contributed by atoms with van der Waals surface area (Å²) >= 11 is 0. The van der Waals surface area contributed by atoms with E-state index in [-0.39, 0.29) is 22.1 Å². The van der Waals surface area contributed by atoms with E-state index >= 15 is 0 Å². The van der Waals surface area contributed by atoms with Crippen LogP contribution in [0.5, 0.6) is 0 Å². The van der Waals surface area contributed by atoms with Gasteiger partial charge in [0.05, 0.1) is 10.3 Å². The van der Waals surface area contributed by atoms with Gasteiger partial charge in [-0.3, -0.25) is 9.59 Å². The van der Waals surface area contributed by atoms with E-state index in [1.165, 1.54) is 45.5 Å². The highest BCUT2D eigenvalue weighted by Crippen LogP contribution is 2.60. The average Bonchev–Trinajstić information content (AvgIpc) is 3.22. The molecule has 4 bridgehead atoms. The molecule has 1 atom stereocenters. The second kappa shape index (κ2) is 7.83. The molecule has 1 aliphatic heterocycles. The molecule has 1 heterocycles. The molecule has 8 heteroatoms. The Kier molecular flexibility index (Phi) is 5.36. The molecule has 4 saturated carbocycles. The molecule has 1 aromatic carbocycles. The predicted octanol–water partition coefficient (Wildman–Crippen LogP) is 3.08. The molecule has 1 aromatic rings. The molecule has 32 heavy (non-hydrogen) atoms. The van der Waals surface area contributed by atoms with Crippen molar-refractivity contribution in [3.63, 3.8) is 0 Å². The van der Waals surface area contributed by atoms with E-state index < -0.39 is 16.1 Å². The third-order valence-corrected chi connectivity index (χ3v) is 10.0. The van der Waals surface area contributed by atoms with Crippen molar-refractivity contribution in [1.82, 2.24) is 9.21 Å². The fourth-order valence-corrected chi connectivity index (χ4v) is 8.01. The van der Waals surface area contributed by atoms with Gasteiger partial charge in [0.25, 0.3) is 0 Å². The Morgan fingerprint density at radius 3 is 2.09 bits per heavy atom. The normalized spacial score (nSPS) is 33.7. The number of nitrogens with one attached hydrogen (secondary N) is 1. The van der Waals surface area contributed by atoms with Gasteiger partial charge in [0.2, 0.25) is 21.8 Å². The smallest absolute Gasteiger partial charge is 0.247 e. The second-order valence-corrected chi connectivity index (χ2v) is 12.8. The van der Waals surface area contributed by atoms with Crippen LogP contribution in [0, 0.1) is 23.2 Å². The summed E-state index contributed by atoms with van der Waals surface area (Å²) in [4.78, 5) is 28.9. The fraction of sp³-hybridized carbons (Fsp3) is 0.667. The van der Waals surface area contributed by atoms with E-state index in [1.807, 2.05) is 4.90 Å². The minimum absolute atomic E-state index is 0.177. The number of hydrogen-bond acceptors (Lipinski definition) is 4. The minimum Gasteiger partial charge on any atom is -0.330 e. The Balaban J connectivity index is 1.29. The van der Waals surface area contributed by atoms with Crippen LogP contribution in [-0.2, 0) is 19.6 Å². The van der Waals surface area contributed by atoms with Gasteiger partial charge < -0.3 is 10.2 Å². The lowest BCUT2D eigenvalue weighted by Gasteiger charge is -2.56. The van der Waals surface area contributed by atoms with Crippen LogP contribution in [0.1, 0.15) is 51.4 Å². The first-order valence-corrected chi connectivity index (χ1v) is 13.3. The number of carbonyl (C=O) groups excluding carboxylic acids is 2. The van der Waals surface area contributed by atoms with Crippen LogP contribution in [0.2, 0.25) is 0 Å². The molecule has 4 aliphatic carbocycles. The Labute approximate surface area is 190 Å². The van der Waals surface area contributed by atoms with Gasteiger partial charge in [-0.2, -0.15) is 0 Å². The minimum atomic E-state index is -3.51. The van der Waals surface area contributed by atoms with Gasteiger partial charge in [0.15, 0.2) is 0 Å². The number of anilines is 1. The highest BCUT2D eigenvalue weighted by Gasteiger charge is 2.56. The van der Waals surface area contributed by atoms with Crippen molar-refractivity contribution in [3.8, 4) is 0 Å². The van der Waals surface area contributed by atoms with E-state index in [9.17, 15) is 18.0 Å². The van der Waals surface area contributed by atoms with Crippen LogP contribution >= 0.6 is 0 Å². The lowest BCUT2D eigenvalue weighted by Crippen LogP contribution is -2.56. The van der Waals surface area contributed by atoms with Gasteiger partial charge in [-0.1, -0.05) is 0 Å². The molecule has 7 nitrogen and oxygen atoms in total. The Morgan fingerprint density at radius 1 is 1.00 bits per heavy atom. The number of sulfonamides is 1. The van der Waals surface area contributed by atoms with Gasteiger partial charge in [-0.25, -0.2) is 12.7 Å². The maximum absolute atomic E-state index is 13.8. The summed E-state index contributed by atoms with van der Waals surface area (Å²) in [6, 6.07) is 5.76. The number of likely N-dealkylation sites (tertiary alicyclic amines) is 1. The van der Waals surface area contributed by atoms with Gasteiger partial charge in [0.1, 0.15) is 6.04 Å². The number of hydrogen-bond donors (Lipinski definition) is 1. The number of carbonyl (C=O) groups is 2. The lowest BCUT2D eigenvalue weighted by atomic mass is 9.49. The van der Waals surface area contributed by atoms with Crippen molar-refractivity contribution >= 4 is 27.5 Å². The van der Waals surface area contributed by atoms with Crippen molar-refractivity contribution in [3.05, 3.63) is 24.3 Å². The fourth-order valence-electron chi connectivity index (χ4n) is 7.11. The second-order valence-electron chi connectivity index (χ2n) is 10.7. The molecule has 0 spiro atoms. The molecule has 0 radical (unpaired) electrons. The first kappa shape index (κ1) is 21.9. The monoisotopic (exact) mass is 459 g/mol. The van der Waals surface area contributed by atoms with Crippen molar-refractivity contribution in [2.24, 2.45) is 23.2 Å². The van der Waals surface area contributed by atoms with Gasteiger partial charge in [-0.15, -0.1) is 0 Å².